The van der Waals surface area contributed by atoms with Crippen LogP contribution >= 0.6 is 0 Å². The number of rotatable bonds is 5. The molecule has 130 valence electrons. The van der Waals surface area contributed by atoms with Crippen LogP contribution in [0.1, 0.15) is 48.4 Å². The van der Waals surface area contributed by atoms with Gasteiger partial charge in [-0.3, -0.25) is 0 Å². The van der Waals surface area contributed by atoms with Crippen LogP contribution < -0.4 is 15.2 Å². The van der Waals surface area contributed by atoms with Crippen LogP contribution in [0.4, 0.5) is 5.69 Å². The number of hydrogen-bond acceptors (Lipinski definition) is 5. The minimum absolute atomic E-state index is 0.213. The van der Waals surface area contributed by atoms with E-state index in [1.54, 1.807) is 6.07 Å². The van der Waals surface area contributed by atoms with Gasteiger partial charge in [0.05, 0.1) is 0 Å². The number of anilines is 1. The molecule has 1 aromatic carbocycles. The highest BCUT2D eigenvalue weighted by atomic mass is 16.7. The first kappa shape index (κ1) is 15.7. The van der Waals surface area contributed by atoms with Crippen LogP contribution in [0.25, 0.3) is 0 Å². The molecule has 0 fully saturated rings. The highest BCUT2D eigenvalue weighted by molar-refractivity contribution is 5.62. The lowest BCUT2D eigenvalue weighted by Gasteiger charge is -2.16. The Morgan fingerprint density at radius 3 is 1.96 bits per heavy atom. The Hall–Kier alpha value is -2.82. The summed E-state index contributed by atoms with van der Waals surface area (Å²) in [5.74, 6) is 4.61. The zero-order chi connectivity index (χ0) is 17.4. The van der Waals surface area contributed by atoms with Crippen LogP contribution in [0.15, 0.2) is 45.2 Å². The molecule has 0 saturated heterocycles. The first-order valence-corrected chi connectivity index (χ1v) is 8.55. The molecule has 0 atom stereocenters. The molecule has 0 radical (unpaired) electrons. The first-order chi connectivity index (χ1) is 12.2. The Labute approximate surface area is 146 Å². The number of fused-ring (bicyclic) bond motifs is 1. The zero-order valence-corrected chi connectivity index (χ0v) is 14.4. The molecule has 1 aliphatic rings. The van der Waals surface area contributed by atoms with Crippen molar-refractivity contribution in [1.82, 2.24) is 0 Å². The molecule has 3 aromatic rings. The largest absolute Gasteiger partial charge is 0.465 e. The molecule has 4 rings (SSSR count). The van der Waals surface area contributed by atoms with Crippen molar-refractivity contribution in [2.45, 2.75) is 32.6 Å². The third-order valence-corrected chi connectivity index (χ3v) is 4.52. The van der Waals surface area contributed by atoms with Crippen LogP contribution in [0.5, 0.6) is 11.5 Å². The van der Waals surface area contributed by atoms with Crippen molar-refractivity contribution in [3.63, 3.8) is 0 Å². The van der Waals surface area contributed by atoms with Crippen molar-refractivity contribution in [2.75, 3.05) is 12.5 Å². The van der Waals surface area contributed by atoms with Gasteiger partial charge in [0.25, 0.3) is 0 Å². The second-order valence-electron chi connectivity index (χ2n) is 6.08. The highest BCUT2D eigenvalue weighted by Crippen LogP contribution is 2.43. The second kappa shape index (κ2) is 6.24. The van der Waals surface area contributed by atoms with Gasteiger partial charge in [-0.05, 0) is 35.9 Å². The van der Waals surface area contributed by atoms with Crippen molar-refractivity contribution in [3.05, 3.63) is 65.0 Å². The topological polar surface area (TPSA) is 70.8 Å². The molecule has 5 heteroatoms. The fourth-order valence-corrected chi connectivity index (χ4v) is 3.15. The molecule has 0 aliphatic carbocycles. The minimum Gasteiger partial charge on any atom is -0.465 e. The summed E-state index contributed by atoms with van der Waals surface area (Å²) in [7, 11) is 0. The number of nitrogens with two attached hydrogens (primary N) is 1. The fourth-order valence-electron chi connectivity index (χ4n) is 3.15. The summed E-state index contributed by atoms with van der Waals surface area (Å²) in [6.45, 7) is 4.34. The molecule has 2 aromatic heterocycles. The molecule has 0 amide bonds. The highest BCUT2D eigenvalue weighted by Gasteiger charge is 2.28. The number of hydrogen-bond donors (Lipinski definition) is 1. The van der Waals surface area contributed by atoms with Gasteiger partial charge in [0.15, 0.2) is 11.5 Å². The van der Waals surface area contributed by atoms with Crippen LogP contribution in [-0.4, -0.2) is 6.79 Å². The molecule has 1 aliphatic heterocycles. The molecule has 0 saturated carbocycles. The summed E-state index contributed by atoms with van der Waals surface area (Å²) in [6.07, 6.45) is 1.67. The molecular weight excluding hydrogens is 318 g/mol. The molecule has 3 heterocycles. The number of benzene rings is 1. The predicted octanol–water partition coefficient (Wildman–Crippen LogP) is 4.49. The monoisotopic (exact) mass is 339 g/mol. The average molecular weight is 339 g/mol. The van der Waals surface area contributed by atoms with Crippen molar-refractivity contribution in [2.24, 2.45) is 0 Å². The lowest BCUT2D eigenvalue weighted by atomic mass is 9.92. The Morgan fingerprint density at radius 1 is 0.880 bits per heavy atom. The smallest absolute Gasteiger partial charge is 0.231 e. The predicted molar refractivity (Wildman–Crippen MR) is 94.1 cm³/mol. The van der Waals surface area contributed by atoms with Gasteiger partial charge < -0.3 is 24.0 Å². The molecular formula is C20H21NO4. The molecule has 0 unspecified atom stereocenters. The van der Waals surface area contributed by atoms with Crippen LogP contribution in [-0.2, 0) is 12.8 Å². The van der Waals surface area contributed by atoms with Gasteiger partial charge in [0, 0.05) is 24.6 Å². The molecule has 2 N–H and O–H groups in total. The molecule has 0 bridgehead atoms. The third kappa shape index (κ3) is 2.76. The third-order valence-electron chi connectivity index (χ3n) is 4.52. The lowest BCUT2D eigenvalue weighted by molar-refractivity contribution is 0.174. The van der Waals surface area contributed by atoms with E-state index in [1.165, 1.54) is 0 Å². The lowest BCUT2D eigenvalue weighted by Crippen LogP contribution is -2.05. The van der Waals surface area contributed by atoms with Gasteiger partial charge in [-0.15, -0.1) is 0 Å². The van der Waals surface area contributed by atoms with E-state index in [9.17, 15) is 0 Å². The maximum absolute atomic E-state index is 6.33. The van der Waals surface area contributed by atoms with Gasteiger partial charge >= 0.3 is 0 Å². The van der Waals surface area contributed by atoms with Crippen molar-refractivity contribution < 1.29 is 18.3 Å². The first-order valence-electron chi connectivity index (χ1n) is 8.55. The number of ether oxygens (including phenoxy) is 2. The summed E-state index contributed by atoms with van der Waals surface area (Å²) < 4.78 is 23.0. The maximum atomic E-state index is 6.33. The average Bonchev–Trinajstić information content (AvgIpc) is 3.35. The number of nitrogen functional groups attached to an aromatic ring is 1. The standard InChI is InChI=1S/C20H21NO4/c1-3-12-5-7-16(24-12)20(17-8-6-13(4-2)25-17)14-9-18-19(10-15(14)21)23-11-22-18/h5-10,20H,3-4,11,21H2,1-2H3. The summed E-state index contributed by atoms with van der Waals surface area (Å²) >= 11 is 0. The van der Waals surface area contributed by atoms with Gasteiger partial charge in [-0.25, -0.2) is 0 Å². The van der Waals surface area contributed by atoms with E-state index in [4.69, 9.17) is 24.0 Å². The fraction of sp³-hybridized carbons (Fsp3) is 0.300. The van der Waals surface area contributed by atoms with E-state index in [1.807, 2.05) is 30.3 Å². The van der Waals surface area contributed by atoms with E-state index >= 15 is 0 Å². The Bertz CT molecular complexity index is 851. The van der Waals surface area contributed by atoms with E-state index in [2.05, 4.69) is 13.8 Å². The summed E-state index contributed by atoms with van der Waals surface area (Å²) in [5, 5.41) is 0. The van der Waals surface area contributed by atoms with Gasteiger partial charge in [0.1, 0.15) is 29.0 Å². The second-order valence-corrected chi connectivity index (χ2v) is 6.08. The molecule has 0 spiro atoms. The molecule has 5 nitrogen and oxygen atoms in total. The molecule has 25 heavy (non-hydrogen) atoms. The van der Waals surface area contributed by atoms with Gasteiger partial charge in [-0.2, -0.15) is 0 Å². The zero-order valence-electron chi connectivity index (χ0n) is 14.4. The van der Waals surface area contributed by atoms with Crippen LogP contribution in [0.3, 0.4) is 0 Å². The van der Waals surface area contributed by atoms with Crippen LogP contribution in [0.2, 0.25) is 0 Å². The van der Waals surface area contributed by atoms with Crippen molar-refractivity contribution in [1.29, 1.82) is 0 Å². The normalized spacial score (nSPS) is 12.9. The Morgan fingerprint density at radius 2 is 1.44 bits per heavy atom. The van der Waals surface area contributed by atoms with E-state index in [0.717, 1.165) is 41.4 Å². The van der Waals surface area contributed by atoms with E-state index < -0.39 is 0 Å². The van der Waals surface area contributed by atoms with Crippen molar-refractivity contribution >= 4 is 5.69 Å². The van der Waals surface area contributed by atoms with E-state index in [-0.39, 0.29) is 12.7 Å². The maximum Gasteiger partial charge on any atom is 0.231 e. The Balaban J connectivity index is 1.85. The Kier molecular flexibility index (Phi) is 3.92. The van der Waals surface area contributed by atoms with Gasteiger partial charge in [-0.1, -0.05) is 13.8 Å². The summed E-state index contributed by atoms with van der Waals surface area (Å²) in [5.41, 5.74) is 7.84. The number of aryl methyl sites for hydroxylation is 2. The minimum atomic E-state index is -0.227. The number of furan rings is 2. The van der Waals surface area contributed by atoms with E-state index in [0.29, 0.717) is 17.2 Å². The van der Waals surface area contributed by atoms with Gasteiger partial charge in [0.2, 0.25) is 6.79 Å². The van der Waals surface area contributed by atoms with Crippen LogP contribution in [0, 0.1) is 0 Å². The SMILES string of the molecule is CCc1ccc(C(c2ccc(CC)o2)c2cc3c(cc2N)OCO3)o1. The summed E-state index contributed by atoms with van der Waals surface area (Å²) in [6, 6.07) is 11.7. The van der Waals surface area contributed by atoms with Crippen molar-refractivity contribution in [3.8, 4) is 11.5 Å². The summed E-state index contributed by atoms with van der Waals surface area (Å²) in [4.78, 5) is 0. The quantitative estimate of drug-likeness (QED) is 0.694.